The Bertz CT molecular complexity index is 1010. The highest BCUT2D eigenvalue weighted by molar-refractivity contribution is 6.05. The van der Waals surface area contributed by atoms with Crippen LogP contribution in [0.1, 0.15) is 41.2 Å². The first kappa shape index (κ1) is 14.5. The number of carbonyl (C=O) groups excluding carboxylic acids is 1. The Hall–Kier alpha value is -2.66. The van der Waals surface area contributed by atoms with Gasteiger partial charge in [0.1, 0.15) is 0 Å². The van der Waals surface area contributed by atoms with Crippen LogP contribution < -0.4 is 5.32 Å². The van der Waals surface area contributed by atoms with E-state index in [0.29, 0.717) is 11.6 Å². The Morgan fingerprint density at radius 3 is 2.85 bits per heavy atom. The summed E-state index contributed by atoms with van der Waals surface area (Å²) in [5.41, 5.74) is 2.80. The van der Waals surface area contributed by atoms with Crippen molar-refractivity contribution in [3.05, 3.63) is 65.9 Å². The zero-order chi connectivity index (χ0) is 17.3. The summed E-state index contributed by atoms with van der Waals surface area (Å²) in [6.45, 7) is 0. The lowest BCUT2D eigenvalue weighted by molar-refractivity contribution is 0.0924. The number of hydrogen-bond donors (Lipinski definition) is 2. The van der Waals surface area contributed by atoms with Gasteiger partial charge in [-0.25, -0.2) is 0 Å². The van der Waals surface area contributed by atoms with E-state index in [1.807, 2.05) is 24.3 Å². The molecule has 6 rings (SSSR count). The molecule has 26 heavy (non-hydrogen) atoms. The zero-order valence-electron chi connectivity index (χ0n) is 14.4. The van der Waals surface area contributed by atoms with Crippen LogP contribution in [0.4, 0.5) is 0 Å². The Morgan fingerprint density at radius 2 is 2.12 bits per heavy atom. The van der Waals surface area contributed by atoms with Crippen LogP contribution in [0, 0.1) is 0 Å². The molecule has 3 aliphatic heterocycles. The smallest absolute Gasteiger partial charge is 0.254 e. The molecule has 0 spiro atoms. The molecule has 0 aliphatic carbocycles. The highest BCUT2D eigenvalue weighted by Gasteiger charge is 2.78. The molecular weight excluding hydrogens is 324 g/mol. The predicted molar refractivity (Wildman–Crippen MR) is 98.7 cm³/mol. The van der Waals surface area contributed by atoms with Crippen molar-refractivity contribution in [1.82, 2.24) is 20.4 Å². The number of amides is 1. The monoisotopic (exact) mass is 344 g/mol. The van der Waals surface area contributed by atoms with Crippen molar-refractivity contribution in [3.8, 4) is 0 Å². The SMILES string of the molecule is O=C(NC(c1ccccc1)C12CCC3CC1N32)c1cccc2cn[nH]c12. The van der Waals surface area contributed by atoms with Gasteiger partial charge in [-0.3, -0.25) is 14.8 Å². The molecule has 5 unspecified atom stereocenters. The van der Waals surface area contributed by atoms with Gasteiger partial charge in [0.25, 0.3) is 5.91 Å². The number of aromatic amines is 1. The molecule has 5 nitrogen and oxygen atoms in total. The van der Waals surface area contributed by atoms with Crippen molar-refractivity contribution in [1.29, 1.82) is 0 Å². The second kappa shape index (κ2) is 4.95. The molecular formula is C21H20N4O. The standard InChI is InChI=1S/C21H20N4O/c26-20(16-8-4-7-14-12-22-24-18(14)16)23-19(13-5-2-1-3-6-13)21-10-9-15-11-17(21)25(15)21/h1-8,12,15,17,19H,9-11H2,(H,22,24)(H,23,26). The molecule has 0 saturated carbocycles. The summed E-state index contributed by atoms with van der Waals surface area (Å²) in [5.74, 6) is -0.0287. The van der Waals surface area contributed by atoms with Gasteiger partial charge in [-0.05, 0) is 30.9 Å². The number of nitrogens with zero attached hydrogens (tertiary/aromatic N) is 2. The normalized spacial score (nSPS) is 31.9. The van der Waals surface area contributed by atoms with Gasteiger partial charge in [0, 0.05) is 17.5 Å². The molecule has 4 heterocycles. The molecule has 5 atom stereocenters. The molecule has 1 aromatic heterocycles. The van der Waals surface area contributed by atoms with Gasteiger partial charge < -0.3 is 5.32 Å². The summed E-state index contributed by atoms with van der Waals surface area (Å²) in [5, 5.41) is 11.4. The van der Waals surface area contributed by atoms with Crippen molar-refractivity contribution >= 4 is 16.8 Å². The van der Waals surface area contributed by atoms with Gasteiger partial charge in [-0.2, -0.15) is 5.10 Å². The molecule has 3 saturated heterocycles. The van der Waals surface area contributed by atoms with Crippen molar-refractivity contribution in [2.24, 2.45) is 0 Å². The molecule has 130 valence electrons. The maximum Gasteiger partial charge on any atom is 0.254 e. The maximum absolute atomic E-state index is 13.2. The number of nitrogens with one attached hydrogen (secondary N) is 2. The minimum atomic E-state index is -0.0287. The number of hydrogen-bond acceptors (Lipinski definition) is 3. The van der Waals surface area contributed by atoms with Crippen molar-refractivity contribution in [2.45, 2.75) is 42.9 Å². The number of para-hydroxylation sites is 1. The second-order valence-electron chi connectivity index (χ2n) is 7.80. The third-order valence-electron chi connectivity index (χ3n) is 6.72. The number of H-pyrrole nitrogens is 1. The molecule has 3 fully saturated rings. The maximum atomic E-state index is 13.2. The van der Waals surface area contributed by atoms with Crippen molar-refractivity contribution < 1.29 is 4.79 Å². The lowest BCUT2D eigenvalue weighted by Crippen LogP contribution is -2.40. The summed E-state index contributed by atoms with van der Waals surface area (Å²) in [7, 11) is 0. The number of carbonyl (C=O) groups is 1. The minimum Gasteiger partial charge on any atom is -0.343 e. The van der Waals surface area contributed by atoms with Gasteiger partial charge in [0.2, 0.25) is 0 Å². The second-order valence-corrected chi connectivity index (χ2v) is 7.80. The van der Waals surface area contributed by atoms with E-state index in [9.17, 15) is 4.79 Å². The fraction of sp³-hybridized carbons (Fsp3) is 0.333. The molecule has 0 bridgehead atoms. The van der Waals surface area contributed by atoms with Crippen LogP contribution in [-0.2, 0) is 0 Å². The summed E-state index contributed by atoms with van der Waals surface area (Å²) < 4.78 is 0. The molecule has 2 N–H and O–H groups in total. The highest BCUT2D eigenvalue weighted by Crippen LogP contribution is 2.68. The van der Waals surface area contributed by atoms with Crippen LogP contribution in [0.15, 0.2) is 54.7 Å². The van der Waals surface area contributed by atoms with Gasteiger partial charge in [-0.15, -0.1) is 0 Å². The number of fused-ring (bicyclic) bond motifs is 2. The third-order valence-corrected chi connectivity index (χ3v) is 6.72. The van der Waals surface area contributed by atoms with E-state index in [4.69, 9.17) is 0 Å². The number of rotatable bonds is 4. The summed E-state index contributed by atoms with van der Waals surface area (Å²) in [6, 6.07) is 17.6. The molecule has 2 aromatic carbocycles. The van der Waals surface area contributed by atoms with Gasteiger partial charge >= 0.3 is 0 Å². The lowest BCUT2D eigenvalue weighted by atomic mass is 9.80. The van der Waals surface area contributed by atoms with E-state index in [0.717, 1.165) is 16.9 Å². The quantitative estimate of drug-likeness (QED) is 0.715. The van der Waals surface area contributed by atoms with E-state index in [2.05, 4.69) is 44.7 Å². The van der Waals surface area contributed by atoms with Crippen LogP contribution in [0.25, 0.3) is 10.9 Å². The van der Waals surface area contributed by atoms with Crippen LogP contribution in [0.3, 0.4) is 0 Å². The van der Waals surface area contributed by atoms with E-state index >= 15 is 0 Å². The Morgan fingerprint density at radius 1 is 1.23 bits per heavy atom. The topological polar surface area (TPSA) is 60.8 Å². The van der Waals surface area contributed by atoms with E-state index in [-0.39, 0.29) is 17.5 Å². The first-order valence-electron chi connectivity index (χ1n) is 9.35. The largest absolute Gasteiger partial charge is 0.343 e. The Labute approximate surface area is 151 Å². The predicted octanol–water partition coefficient (Wildman–Crippen LogP) is 3.02. The number of aromatic nitrogens is 2. The first-order chi connectivity index (χ1) is 12.8. The summed E-state index contributed by atoms with van der Waals surface area (Å²) in [6.07, 6.45) is 5.48. The molecule has 1 amide bonds. The Balaban J connectivity index is 1.39. The minimum absolute atomic E-state index is 0.0287. The molecule has 3 aliphatic rings. The van der Waals surface area contributed by atoms with Gasteiger partial charge in [-0.1, -0.05) is 42.5 Å². The third kappa shape index (κ3) is 1.73. The molecule has 0 radical (unpaired) electrons. The van der Waals surface area contributed by atoms with Crippen LogP contribution >= 0.6 is 0 Å². The first-order valence-corrected chi connectivity index (χ1v) is 9.35. The summed E-state index contributed by atoms with van der Waals surface area (Å²) in [4.78, 5) is 15.8. The highest BCUT2D eigenvalue weighted by atomic mass is 16.1. The lowest BCUT2D eigenvalue weighted by Gasteiger charge is -2.28. The fourth-order valence-electron chi connectivity index (χ4n) is 5.53. The van der Waals surface area contributed by atoms with Gasteiger partial charge in [0.05, 0.1) is 28.9 Å². The van der Waals surface area contributed by atoms with Crippen LogP contribution in [-0.4, -0.2) is 38.6 Å². The number of piperidine rings is 1. The fourth-order valence-corrected chi connectivity index (χ4v) is 5.53. The number of benzene rings is 2. The van der Waals surface area contributed by atoms with Gasteiger partial charge in [0.15, 0.2) is 0 Å². The summed E-state index contributed by atoms with van der Waals surface area (Å²) >= 11 is 0. The zero-order valence-corrected chi connectivity index (χ0v) is 14.4. The van der Waals surface area contributed by atoms with Crippen molar-refractivity contribution in [3.63, 3.8) is 0 Å². The average Bonchev–Trinajstić information content (AvgIpc) is 3.00. The molecule has 5 heteroatoms. The van der Waals surface area contributed by atoms with Crippen molar-refractivity contribution in [2.75, 3.05) is 0 Å². The average molecular weight is 344 g/mol. The van der Waals surface area contributed by atoms with E-state index in [1.54, 1.807) is 6.20 Å². The van der Waals surface area contributed by atoms with Crippen LogP contribution in [0.5, 0.6) is 0 Å². The van der Waals surface area contributed by atoms with E-state index in [1.165, 1.54) is 24.8 Å². The Kier molecular flexibility index (Phi) is 2.76. The van der Waals surface area contributed by atoms with E-state index < -0.39 is 0 Å². The molecule has 3 aromatic rings. The van der Waals surface area contributed by atoms with Crippen LogP contribution in [0.2, 0.25) is 0 Å².